The predicted molar refractivity (Wildman–Crippen MR) is 129 cm³/mol. The van der Waals surface area contributed by atoms with Gasteiger partial charge in [-0.2, -0.15) is 0 Å². The second-order valence-corrected chi connectivity index (χ2v) is 10.3. The maximum Gasteiger partial charge on any atom is 0.127 e. The molecule has 1 aliphatic carbocycles. The molecule has 5 rings (SSSR count). The number of likely N-dealkylation sites (tertiary alicyclic amines) is 1. The summed E-state index contributed by atoms with van der Waals surface area (Å²) >= 11 is 0. The molecule has 0 bridgehead atoms. The van der Waals surface area contributed by atoms with Gasteiger partial charge in [-0.3, -0.25) is 4.90 Å². The number of aromatic nitrogens is 2. The molecule has 5 heteroatoms. The summed E-state index contributed by atoms with van der Waals surface area (Å²) < 4.78 is 8.29. The van der Waals surface area contributed by atoms with E-state index in [1.54, 1.807) is 0 Å². The molecule has 2 aliphatic heterocycles. The second-order valence-electron chi connectivity index (χ2n) is 10.3. The van der Waals surface area contributed by atoms with Crippen molar-refractivity contribution in [1.29, 1.82) is 0 Å². The molecule has 5 nitrogen and oxygen atoms in total. The number of rotatable bonds is 8. The minimum absolute atomic E-state index is 0.385. The zero-order valence-corrected chi connectivity index (χ0v) is 19.8. The van der Waals surface area contributed by atoms with Crippen molar-refractivity contribution in [2.45, 2.75) is 77.0 Å². The Balaban J connectivity index is 1.24. The highest BCUT2D eigenvalue weighted by molar-refractivity contribution is 5.36. The molecule has 32 heavy (non-hydrogen) atoms. The Labute approximate surface area is 193 Å². The van der Waals surface area contributed by atoms with E-state index < -0.39 is 0 Å². The summed E-state index contributed by atoms with van der Waals surface area (Å²) in [6, 6.07) is 9.59. The largest absolute Gasteiger partial charge is 0.377 e. The molecule has 1 aromatic carbocycles. The van der Waals surface area contributed by atoms with Gasteiger partial charge in [-0.05, 0) is 82.2 Å². The van der Waals surface area contributed by atoms with Gasteiger partial charge in [0.2, 0.25) is 0 Å². The fourth-order valence-electron chi connectivity index (χ4n) is 6.08. The number of aryl methyl sites for hydroxylation is 1. The van der Waals surface area contributed by atoms with Gasteiger partial charge in [0.25, 0.3) is 0 Å². The third kappa shape index (κ3) is 5.44. The van der Waals surface area contributed by atoms with E-state index in [4.69, 9.17) is 9.72 Å². The van der Waals surface area contributed by atoms with Crippen LogP contribution in [0.5, 0.6) is 0 Å². The Kier molecular flexibility index (Phi) is 7.25. The van der Waals surface area contributed by atoms with Crippen molar-refractivity contribution in [1.82, 2.24) is 19.4 Å². The fraction of sp³-hybridized carbons (Fsp3) is 0.667. The molecule has 1 aromatic heterocycles. The lowest BCUT2D eigenvalue weighted by molar-refractivity contribution is 0.0529. The van der Waals surface area contributed by atoms with Crippen molar-refractivity contribution < 1.29 is 4.74 Å². The predicted octanol–water partition coefficient (Wildman–Crippen LogP) is 4.82. The molecule has 2 aromatic rings. The highest BCUT2D eigenvalue weighted by atomic mass is 16.5. The van der Waals surface area contributed by atoms with Crippen LogP contribution in [0.2, 0.25) is 0 Å². The van der Waals surface area contributed by atoms with Gasteiger partial charge < -0.3 is 14.2 Å². The summed E-state index contributed by atoms with van der Waals surface area (Å²) in [6.07, 6.45) is 15.2. The number of benzene rings is 1. The SMILES string of the molecule is Cc1cccc(-n2ccnc2CN(CC2CCN(C3CCCC3)CC2)CC2CCCO2)c1. The quantitative estimate of drug-likeness (QED) is 0.594. The molecule has 3 aliphatic rings. The van der Waals surface area contributed by atoms with Crippen LogP contribution < -0.4 is 0 Å². The summed E-state index contributed by atoms with van der Waals surface area (Å²) in [6.45, 7) is 8.76. The van der Waals surface area contributed by atoms with E-state index in [0.29, 0.717) is 6.10 Å². The maximum absolute atomic E-state index is 6.03. The van der Waals surface area contributed by atoms with Crippen LogP contribution in [0.3, 0.4) is 0 Å². The fourth-order valence-corrected chi connectivity index (χ4v) is 6.08. The summed E-state index contributed by atoms with van der Waals surface area (Å²) in [5.41, 5.74) is 2.49. The van der Waals surface area contributed by atoms with Gasteiger partial charge in [0.15, 0.2) is 0 Å². The highest BCUT2D eigenvalue weighted by Gasteiger charge is 2.29. The Bertz CT molecular complexity index is 845. The molecule has 3 heterocycles. The van der Waals surface area contributed by atoms with Gasteiger partial charge in [0.05, 0.1) is 12.6 Å². The molecule has 2 saturated heterocycles. The zero-order chi connectivity index (χ0) is 21.8. The van der Waals surface area contributed by atoms with Gasteiger partial charge in [0, 0.05) is 43.8 Å². The van der Waals surface area contributed by atoms with Crippen LogP contribution in [0, 0.1) is 12.8 Å². The minimum atomic E-state index is 0.385. The van der Waals surface area contributed by atoms with Crippen LogP contribution in [0.4, 0.5) is 0 Å². The molecule has 0 spiro atoms. The van der Waals surface area contributed by atoms with E-state index in [1.807, 2.05) is 6.20 Å². The number of hydrogen-bond acceptors (Lipinski definition) is 4. The van der Waals surface area contributed by atoms with Gasteiger partial charge in [-0.25, -0.2) is 4.98 Å². The van der Waals surface area contributed by atoms with Crippen molar-refractivity contribution in [2.24, 2.45) is 5.92 Å². The summed E-state index contributed by atoms with van der Waals surface area (Å²) in [7, 11) is 0. The van der Waals surface area contributed by atoms with Gasteiger partial charge in [-0.1, -0.05) is 25.0 Å². The first-order valence-electron chi connectivity index (χ1n) is 12.9. The molecule has 174 valence electrons. The van der Waals surface area contributed by atoms with Crippen LogP contribution in [0.1, 0.15) is 62.8 Å². The normalized spacial score (nSPS) is 23.5. The molecule has 1 saturated carbocycles. The first-order chi connectivity index (χ1) is 15.7. The number of piperidine rings is 1. The van der Waals surface area contributed by atoms with Gasteiger partial charge in [-0.15, -0.1) is 0 Å². The van der Waals surface area contributed by atoms with Crippen LogP contribution in [-0.2, 0) is 11.3 Å². The second kappa shape index (κ2) is 10.5. The number of hydrogen-bond donors (Lipinski definition) is 0. The van der Waals surface area contributed by atoms with Crippen molar-refractivity contribution in [3.63, 3.8) is 0 Å². The molecule has 1 unspecified atom stereocenters. The molecule has 1 atom stereocenters. The van der Waals surface area contributed by atoms with Gasteiger partial charge >= 0.3 is 0 Å². The summed E-state index contributed by atoms with van der Waals surface area (Å²) in [5.74, 6) is 1.92. The summed E-state index contributed by atoms with van der Waals surface area (Å²) in [5, 5.41) is 0. The van der Waals surface area contributed by atoms with E-state index in [1.165, 1.54) is 82.3 Å². The molecule has 3 fully saturated rings. The van der Waals surface area contributed by atoms with Crippen LogP contribution in [0.15, 0.2) is 36.7 Å². The minimum Gasteiger partial charge on any atom is -0.377 e. The highest BCUT2D eigenvalue weighted by Crippen LogP contribution is 2.29. The lowest BCUT2D eigenvalue weighted by Crippen LogP contribution is -2.43. The molecule has 0 N–H and O–H groups in total. The lowest BCUT2D eigenvalue weighted by atomic mass is 9.94. The van der Waals surface area contributed by atoms with Crippen molar-refractivity contribution in [2.75, 3.05) is 32.8 Å². The Hall–Kier alpha value is -1.69. The third-order valence-electron chi connectivity index (χ3n) is 7.85. The molecular formula is C27H40N4O. The van der Waals surface area contributed by atoms with E-state index >= 15 is 0 Å². The van der Waals surface area contributed by atoms with E-state index in [0.717, 1.165) is 37.5 Å². The molecule has 0 radical (unpaired) electrons. The van der Waals surface area contributed by atoms with Crippen molar-refractivity contribution >= 4 is 0 Å². The first-order valence-corrected chi connectivity index (χ1v) is 12.9. The monoisotopic (exact) mass is 436 g/mol. The molecular weight excluding hydrogens is 396 g/mol. The Morgan fingerprint density at radius 1 is 1.03 bits per heavy atom. The molecule has 0 amide bonds. The summed E-state index contributed by atoms with van der Waals surface area (Å²) in [4.78, 5) is 10.2. The number of ether oxygens (including phenoxy) is 1. The van der Waals surface area contributed by atoms with E-state index in [2.05, 4.69) is 51.8 Å². The van der Waals surface area contributed by atoms with E-state index in [9.17, 15) is 0 Å². The van der Waals surface area contributed by atoms with Crippen molar-refractivity contribution in [3.05, 3.63) is 48.0 Å². The first kappa shape index (κ1) is 22.1. The Morgan fingerprint density at radius 3 is 2.62 bits per heavy atom. The van der Waals surface area contributed by atoms with Crippen LogP contribution in [0.25, 0.3) is 5.69 Å². The topological polar surface area (TPSA) is 33.5 Å². The number of nitrogens with zero attached hydrogens (tertiary/aromatic N) is 4. The van der Waals surface area contributed by atoms with Crippen molar-refractivity contribution in [3.8, 4) is 5.69 Å². The maximum atomic E-state index is 6.03. The smallest absolute Gasteiger partial charge is 0.127 e. The van der Waals surface area contributed by atoms with Gasteiger partial charge in [0.1, 0.15) is 5.82 Å². The van der Waals surface area contributed by atoms with E-state index in [-0.39, 0.29) is 0 Å². The third-order valence-corrected chi connectivity index (χ3v) is 7.85. The standard InChI is InChI=1S/C27H40N4O/c1-22-6-4-9-25(18-22)31-16-13-28-27(31)21-29(20-26-10-5-17-32-26)19-23-11-14-30(15-12-23)24-7-2-3-8-24/h4,6,9,13,16,18,23-24,26H,2-3,5,7-8,10-12,14-15,17,19-21H2,1H3. The Morgan fingerprint density at radius 2 is 1.88 bits per heavy atom. The average molecular weight is 437 g/mol. The lowest BCUT2D eigenvalue weighted by Gasteiger charge is -2.38. The number of imidazole rings is 1. The average Bonchev–Trinajstić information content (AvgIpc) is 3.58. The van der Waals surface area contributed by atoms with Crippen LogP contribution >= 0.6 is 0 Å². The zero-order valence-electron chi connectivity index (χ0n) is 19.8. The van der Waals surface area contributed by atoms with Crippen LogP contribution in [-0.4, -0.2) is 64.3 Å².